The molecule has 1 N–H and O–H groups in total. The Bertz CT molecular complexity index is 706. The van der Waals surface area contributed by atoms with Crippen LogP contribution in [-0.4, -0.2) is 39.6 Å². The number of hydrogen-bond donors (Lipinski definition) is 1. The fourth-order valence-electron chi connectivity index (χ4n) is 2.64. The van der Waals surface area contributed by atoms with Crippen LogP contribution in [0.1, 0.15) is 33.9 Å². The van der Waals surface area contributed by atoms with E-state index in [1.54, 1.807) is 6.07 Å². The van der Waals surface area contributed by atoms with E-state index in [1.165, 1.54) is 18.3 Å². The molecule has 1 fully saturated rings. The lowest BCUT2D eigenvalue weighted by molar-refractivity contribution is -0.114. The van der Waals surface area contributed by atoms with Crippen LogP contribution in [0.15, 0.2) is 24.4 Å². The summed E-state index contributed by atoms with van der Waals surface area (Å²) in [7, 11) is 0. The summed E-state index contributed by atoms with van der Waals surface area (Å²) < 4.78 is 1.83. The number of nitrogens with one attached hydrogen (secondary N) is 1. The van der Waals surface area contributed by atoms with Crippen molar-refractivity contribution in [2.75, 3.05) is 18.4 Å². The zero-order valence-corrected chi connectivity index (χ0v) is 13.4. The molecule has 22 heavy (non-hydrogen) atoms. The normalized spacial score (nSPS) is 17.7. The van der Waals surface area contributed by atoms with Crippen LogP contribution in [0.2, 0.25) is 0 Å². The number of carbonyl (C=O) groups is 2. The summed E-state index contributed by atoms with van der Waals surface area (Å²) in [6, 6.07) is 5.79. The molecule has 0 radical (unpaired) electrons. The first-order valence-electron chi connectivity index (χ1n) is 7.21. The SMILES string of the molecule is CC(=O)Nc1ccn([C@@H]2CCN(C(=O)c3ccc(C)s3)C2)n1. The van der Waals surface area contributed by atoms with Gasteiger partial charge in [0.2, 0.25) is 5.91 Å². The monoisotopic (exact) mass is 318 g/mol. The number of carbonyl (C=O) groups excluding carboxylic acids is 2. The summed E-state index contributed by atoms with van der Waals surface area (Å²) in [4.78, 5) is 27.3. The summed E-state index contributed by atoms with van der Waals surface area (Å²) in [6.07, 6.45) is 2.72. The van der Waals surface area contributed by atoms with Gasteiger partial charge in [-0.15, -0.1) is 11.3 Å². The second-order valence-electron chi connectivity index (χ2n) is 5.47. The molecule has 0 aliphatic carbocycles. The van der Waals surface area contributed by atoms with E-state index in [9.17, 15) is 9.59 Å². The second kappa shape index (κ2) is 5.92. The number of aromatic nitrogens is 2. The molecule has 0 spiro atoms. The molecule has 7 heteroatoms. The van der Waals surface area contributed by atoms with Crippen molar-refractivity contribution in [1.29, 1.82) is 0 Å². The van der Waals surface area contributed by atoms with Crippen LogP contribution in [0, 0.1) is 6.92 Å². The van der Waals surface area contributed by atoms with Crippen molar-refractivity contribution in [2.45, 2.75) is 26.3 Å². The smallest absolute Gasteiger partial charge is 0.264 e. The maximum Gasteiger partial charge on any atom is 0.264 e. The van der Waals surface area contributed by atoms with Crippen LogP contribution in [-0.2, 0) is 4.79 Å². The van der Waals surface area contributed by atoms with Gasteiger partial charge in [0.05, 0.1) is 10.9 Å². The van der Waals surface area contributed by atoms with Crippen LogP contribution in [0.5, 0.6) is 0 Å². The van der Waals surface area contributed by atoms with Gasteiger partial charge in [0.15, 0.2) is 5.82 Å². The number of aryl methyl sites for hydroxylation is 1. The minimum atomic E-state index is -0.137. The van der Waals surface area contributed by atoms with Gasteiger partial charge in [-0.25, -0.2) is 0 Å². The predicted molar refractivity (Wildman–Crippen MR) is 85.1 cm³/mol. The molecular formula is C15H18N4O2S. The molecule has 2 aromatic rings. The molecule has 1 saturated heterocycles. The molecule has 0 unspecified atom stereocenters. The van der Waals surface area contributed by atoms with Gasteiger partial charge in [-0.3, -0.25) is 14.3 Å². The van der Waals surface area contributed by atoms with Crippen molar-refractivity contribution in [2.24, 2.45) is 0 Å². The molecule has 0 aromatic carbocycles. The topological polar surface area (TPSA) is 67.2 Å². The minimum absolute atomic E-state index is 0.0924. The summed E-state index contributed by atoms with van der Waals surface area (Å²) in [5.74, 6) is 0.502. The summed E-state index contributed by atoms with van der Waals surface area (Å²) in [5.41, 5.74) is 0. The number of amides is 2. The van der Waals surface area contributed by atoms with Crippen LogP contribution in [0.4, 0.5) is 5.82 Å². The number of thiophene rings is 1. The molecule has 2 aromatic heterocycles. The summed E-state index contributed by atoms with van der Waals surface area (Å²) >= 11 is 1.53. The molecule has 2 amide bonds. The first-order chi connectivity index (χ1) is 10.5. The number of anilines is 1. The third kappa shape index (κ3) is 3.04. The third-order valence-electron chi connectivity index (χ3n) is 3.69. The van der Waals surface area contributed by atoms with Crippen molar-refractivity contribution in [3.05, 3.63) is 34.2 Å². The Balaban J connectivity index is 1.65. The average molecular weight is 318 g/mol. The van der Waals surface area contributed by atoms with E-state index in [4.69, 9.17) is 0 Å². The fraction of sp³-hybridized carbons (Fsp3) is 0.400. The van der Waals surface area contributed by atoms with Crippen LogP contribution < -0.4 is 5.32 Å². The van der Waals surface area contributed by atoms with Crippen molar-refractivity contribution >= 4 is 29.0 Å². The van der Waals surface area contributed by atoms with Crippen molar-refractivity contribution in [1.82, 2.24) is 14.7 Å². The summed E-state index contributed by atoms with van der Waals surface area (Å²) in [5, 5.41) is 7.01. The highest BCUT2D eigenvalue weighted by Crippen LogP contribution is 2.25. The maximum absolute atomic E-state index is 12.4. The first-order valence-corrected chi connectivity index (χ1v) is 8.03. The molecule has 1 atom stereocenters. The van der Waals surface area contributed by atoms with Gasteiger partial charge in [0, 0.05) is 37.2 Å². The molecule has 1 aliphatic rings. The number of rotatable bonds is 3. The van der Waals surface area contributed by atoms with E-state index in [0.717, 1.165) is 22.7 Å². The molecule has 3 heterocycles. The van der Waals surface area contributed by atoms with Gasteiger partial charge in [-0.05, 0) is 25.5 Å². The molecule has 0 saturated carbocycles. The molecular weight excluding hydrogens is 300 g/mol. The zero-order chi connectivity index (χ0) is 15.7. The van der Waals surface area contributed by atoms with Gasteiger partial charge in [-0.1, -0.05) is 0 Å². The van der Waals surface area contributed by atoms with E-state index < -0.39 is 0 Å². The van der Waals surface area contributed by atoms with Gasteiger partial charge in [0.1, 0.15) is 0 Å². The Morgan fingerprint density at radius 1 is 1.36 bits per heavy atom. The largest absolute Gasteiger partial charge is 0.336 e. The fourth-order valence-corrected chi connectivity index (χ4v) is 3.47. The molecule has 1 aliphatic heterocycles. The van der Waals surface area contributed by atoms with Gasteiger partial charge >= 0.3 is 0 Å². The van der Waals surface area contributed by atoms with E-state index >= 15 is 0 Å². The van der Waals surface area contributed by atoms with Crippen LogP contribution >= 0.6 is 11.3 Å². The Morgan fingerprint density at radius 2 is 2.18 bits per heavy atom. The van der Waals surface area contributed by atoms with Crippen molar-refractivity contribution in [3.8, 4) is 0 Å². The van der Waals surface area contributed by atoms with Crippen LogP contribution in [0.25, 0.3) is 0 Å². The summed E-state index contributed by atoms with van der Waals surface area (Å²) in [6.45, 7) is 4.84. The molecule has 3 rings (SSSR count). The number of nitrogens with zero attached hydrogens (tertiary/aromatic N) is 3. The molecule has 6 nitrogen and oxygen atoms in total. The highest BCUT2D eigenvalue weighted by molar-refractivity contribution is 7.13. The first kappa shape index (κ1) is 14.8. The van der Waals surface area contributed by atoms with E-state index in [-0.39, 0.29) is 17.9 Å². The van der Waals surface area contributed by atoms with Gasteiger partial charge in [-0.2, -0.15) is 5.10 Å². The minimum Gasteiger partial charge on any atom is -0.336 e. The van der Waals surface area contributed by atoms with Crippen molar-refractivity contribution in [3.63, 3.8) is 0 Å². The second-order valence-corrected chi connectivity index (χ2v) is 6.75. The highest BCUT2D eigenvalue weighted by atomic mass is 32.1. The van der Waals surface area contributed by atoms with Gasteiger partial charge < -0.3 is 10.2 Å². The Labute approximate surface area is 132 Å². The molecule has 0 bridgehead atoms. The quantitative estimate of drug-likeness (QED) is 0.944. The van der Waals surface area contributed by atoms with E-state index in [1.807, 2.05) is 34.8 Å². The van der Waals surface area contributed by atoms with Crippen molar-refractivity contribution < 1.29 is 9.59 Å². The zero-order valence-electron chi connectivity index (χ0n) is 12.6. The number of hydrogen-bond acceptors (Lipinski definition) is 4. The average Bonchev–Trinajstić information content (AvgIpc) is 3.16. The Kier molecular flexibility index (Phi) is 3.98. The molecule has 116 valence electrons. The third-order valence-corrected chi connectivity index (χ3v) is 4.68. The Hall–Kier alpha value is -2.15. The lowest BCUT2D eigenvalue weighted by atomic mass is 10.3. The number of likely N-dealkylation sites (tertiary alicyclic amines) is 1. The lowest BCUT2D eigenvalue weighted by Crippen LogP contribution is -2.28. The van der Waals surface area contributed by atoms with E-state index in [0.29, 0.717) is 12.4 Å². The van der Waals surface area contributed by atoms with E-state index in [2.05, 4.69) is 10.4 Å². The maximum atomic E-state index is 12.4. The standard InChI is InChI=1S/C15H18N4O2S/c1-10-3-4-13(22-10)15(21)18-7-5-12(9-18)19-8-6-14(17-19)16-11(2)20/h3-4,6,8,12H,5,7,9H2,1-2H3,(H,16,17,20)/t12-/m1/s1. The Morgan fingerprint density at radius 3 is 2.86 bits per heavy atom. The van der Waals surface area contributed by atoms with Gasteiger partial charge in [0.25, 0.3) is 5.91 Å². The van der Waals surface area contributed by atoms with Crippen LogP contribution in [0.3, 0.4) is 0 Å². The lowest BCUT2D eigenvalue weighted by Gasteiger charge is -2.15. The highest BCUT2D eigenvalue weighted by Gasteiger charge is 2.29. The predicted octanol–water partition coefficient (Wildman–Crippen LogP) is 2.30.